The lowest BCUT2D eigenvalue weighted by molar-refractivity contribution is -0.129. The summed E-state index contributed by atoms with van der Waals surface area (Å²) in [5, 5.41) is 3.49. The summed E-state index contributed by atoms with van der Waals surface area (Å²) < 4.78 is 0. The van der Waals surface area contributed by atoms with Crippen LogP contribution in [0.3, 0.4) is 0 Å². The molecular formula is C12H25N3O. The second-order valence-corrected chi connectivity index (χ2v) is 4.71. The lowest BCUT2D eigenvalue weighted by atomic mass is 10.0. The molecule has 1 heterocycles. The molecule has 16 heavy (non-hydrogen) atoms. The van der Waals surface area contributed by atoms with Gasteiger partial charge in [0.2, 0.25) is 5.91 Å². The summed E-state index contributed by atoms with van der Waals surface area (Å²) in [6, 6.07) is 0.686. The molecule has 0 aromatic carbocycles. The summed E-state index contributed by atoms with van der Waals surface area (Å²) in [5.74, 6) is 0.230. The van der Waals surface area contributed by atoms with E-state index in [0.29, 0.717) is 12.5 Å². The van der Waals surface area contributed by atoms with Gasteiger partial charge >= 0.3 is 0 Å². The highest BCUT2D eigenvalue weighted by Gasteiger charge is 2.18. The number of nitrogens with one attached hydrogen (secondary N) is 1. The number of carbonyl (C=O) groups excluding carboxylic acids is 1. The Labute approximate surface area is 99.0 Å². The van der Waals surface area contributed by atoms with Crippen molar-refractivity contribution in [1.82, 2.24) is 15.1 Å². The average Bonchev–Trinajstić information content (AvgIpc) is 2.28. The molecule has 1 aliphatic heterocycles. The molecule has 4 nitrogen and oxygen atoms in total. The van der Waals surface area contributed by atoms with Gasteiger partial charge < -0.3 is 15.1 Å². The summed E-state index contributed by atoms with van der Waals surface area (Å²) in [6.45, 7) is 6.37. The van der Waals surface area contributed by atoms with Gasteiger partial charge in [-0.1, -0.05) is 6.92 Å². The van der Waals surface area contributed by atoms with Gasteiger partial charge in [0.1, 0.15) is 0 Å². The van der Waals surface area contributed by atoms with Gasteiger partial charge in [-0.25, -0.2) is 0 Å². The molecule has 0 radical (unpaired) electrons. The quantitative estimate of drug-likeness (QED) is 0.744. The Kier molecular flexibility index (Phi) is 5.77. The van der Waals surface area contributed by atoms with Crippen LogP contribution >= 0.6 is 0 Å². The lowest BCUT2D eigenvalue weighted by Crippen LogP contribution is -2.43. The highest BCUT2D eigenvalue weighted by atomic mass is 16.2. The molecule has 0 bridgehead atoms. The third-order valence-corrected chi connectivity index (χ3v) is 3.22. The molecule has 1 N–H and O–H groups in total. The Morgan fingerprint density at radius 1 is 1.38 bits per heavy atom. The maximum absolute atomic E-state index is 11.4. The van der Waals surface area contributed by atoms with E-state index in [4.69, 9.17) is 0 Å². The van der Waals surface area contributed by atoms with Crippen LogP contribution < -0.4 is 5.32 Å². The molecule has 0 aliphatic carbocycles. The van der Waals surface area contributed by atoms with Crippen molar-refractivity contribution in [1.29, 1.82) is 0 Å². The van der Waals surface area contributed by atoms with E-state index < -0.39 is 0 Å². The fourth-order valence-corrected chi connectivity index (χ4v) is 2.13. The van der Waals surface area contributed by atoms with Crippen LogP contribution in [0.1, 0.15) is 26.2 Å². The molecule has 0 spiro atoms. The predicted molar refractivity (Wildman–Crippen MR) is 66.4 cm³/mol. The van der Waals surface area contributed by atoms with Crippen LogP contribution in [0.5, 0.6) is 0 Å². The van der Waals surface area contributed by atoms with Gasteiger partial charge in [0, 0.05) is 33.1 Å². The van der Waals surface area contributed by atoms with Gasteiger partial charge in [-0.2, -0.15) is 0 Å². The van der Waals surface area contributed by atoms with Crippen molar-refractivity contribution in [2.75, 3.05) is 40.3 Å². The molecule has 1 rings (SSSR count). The number of likely N-dealkylation sites (tertiary alicyclic amines) is 1. The van der Waals surface area contributed by atoms with E-state index in [0.717, 1.165) is 26.2 Å². The first-order chi connectivity index (χ1) is 7.63. The maximum Gasteiger partial charge on any atom is 0.223 e. The molecule has 0 saturated carbocycles. The number of carbonyl (C=O) groups is 1. The van der Waals surface area contributed by atoms with E-state index in [1.807, 2.05) is 14.1 Å². The highest BCUT2D eigenvalue weighted by molar-refractivity contribution is 5.75. The van der Waals surface area contributed by atoms with E-state index in [9.17, 15) is 4.79 Å². The zero-order valence-electron chi connectivity index (χ0n) is 10.8. The van der Waals surface area contributed by atoms with Crippen molar-refractivity contribution in [2.45, 2.75) is 32.2 Å². The number of hydrogen-bond donors (Lipinski definition) is 1. The van der Waals surface area contributed by atoms with E-state index in [-0.39, 0.29) is 5.91 Å². The minimum absolute atomic E-state index is 0.230. The van der Waals surface area contributed by atoms with Crippen LogP contribution in [-0.2, 0) is 4.79 Å². The maximum atomic E-state index is 11.4. The van der Waals surface area contributed by atoms with Crippen molar-refractivity contribution >= 4 is 5.91 Å². The lowest BCUT2D eigenvalue weighted by Gasteiger charge is -2.32. The molecule has 94 valence electrons. The Morgan fingerprint density at radius 2 is 2.00 bits per heavy atom. The van der Waals surface area contributed by atoms with Crippen LogP contribution in [0.2, 0.25) is 0 Å². The number of piperidine rings is 1. The number of nitrogens with zero attached hydrogens (tertiary/aromatic N) is 2. The van der Waals surface area contributed by atoms with Gasteiger partial charge in [-0.3, -0.25) is 4.79 Å². The zero-order chi connectivity index (χ0) is 12.0. The molecule has 0 aromatic heterocycles. The van der Waals surface area contributed by atoms with Crippen molar-refractivity contribution in [3.05, 3.63) is 0 Å². The summed E-state index contributed by atoms with van der Waals surface area (Å²) in [6.07, 6.45) is 3.08. The number of amides is 1. The van der Waals surface area contributed by atoms with Crippen LogP contribution in [-0.4, -0.2) is 62.0 Å². The minimum Gasteiger partial charge on any atom is -0.349 e. The van der Waals surface area contributed by atoms with E-state index in [1.54, 1.807) is 4.90 Å². The SMILES string of the molecule is CCNC1CCN(CCC(=O)N(C)C)CC1. The molecular weight excluding hydrogens is 202 g/mol. The van der Waals surface area contributed by atoms with Crippen molar-refractivity contribution in [2.24, 2.45) is 0 Å². The Hall–Kier alpha value is -0.610. The van der Waals surface area contributed by atoms with Gasteiger partial charge in [-0.15, -0.1) is 0 Å². The fourth-order valence-electron chi connectivity index (χ4n) is 2.13. The third-order valence-electron chi connectivity index (χ3n) is 3.22. The van der Waals surface area contributed by atoms with Crippen LogP contribution in [0.15, 0.2) is 0 Å². The standard InChI is InChI=1S/C12H25N3O/c1-4-13-11-5-8-15(9-6-11)10-7-12(16)14(2)3/h11,13H,4-10H2,1-3H3. The monoisotopic (exact) mass is 227 g/mol. The first-order valence-corrected chi connectivity index (χ1v) is 6.29. The fraction of sp³-hybridized carbons (Fsp3) is 0.917. The smallest absolute Gasteiger partial charge is 0.223 e. The van der Waals surface area contributed by atoms with E-state index >= 15 is 0 Å². The molecule has 1 saturated heterocycles. The summed E-state index contributed by atoms with van der Waals surface area (Å²) in [5.41, 5.74) is 0. The Bertz CT molecular complexity index is 210. The molecule has 0 atom stereocenters. The molecule has 1 aliphatic rings. The van der Waals surface area contributed by atoms with Crippen molar-refractivity contribution in [3.8, 4) is 0 Å². The Morgan fingerprint density at radius 3 is 2.50 bits per heavy atom. The predicted octanol–water partition coefficient (Wildman–Crippen LogP) is 0.539. The first-order valence-electron chi connectivity index (χ1n) is 6.29. The van der Waals surface area contributed by atoms with Crippen LogP contribution in [0, 0.1) is 0 Å². The molecule has 4 heteroatoms. The summed E-state index contributed by atoms with van der Waals surface area (Å²) >= 11 is 0. The zero-order valence-corrected chi connectivity index (χ0v) is 10.8. The second-order valence-electron chi connectivity index (χ2n) is 4.71. The minimum atomic E-state index is 0.230. The third kappa shape index (κ3) is 4.49. The van der Waals surface area contributed by atoms with Crippen LogP contribution in [0.4, 0.5) is 0 Å². The highest BCUT2D eigenvalue weighted by Crippen LogP contribution is 2.10. The summed E-state index contributed by atoms with van der Waals surface area (Å²) in [7, 11) is 3.64. The normalized spacial score (nSPS) is 18.7. The van der Waals surface area contributed by atoms with Crippen LogP contribution in [0.25, 0.3) is 0 Å². The molecule has 1 amide bonds. The van der Waals surface area contributed by atoms with Gasteiger partial charge in [0.15, 0.2) is 0 Å². The van der Waals surface area contributed by atoms with Gasteiger partial charge in [-0.05, 0) is 32.5 Å². The van der Waals surface area contributed by atoms with Crippen molar-refractivity contribution in [3.63, 3.8) is 0 Å². The summed E-state index contributed by atoms with van der Waals surface area (Å²) in [4.78, 5) is 15.5. The molecule has 0 aromatic rings. The van der Waals surface area contributed by atoms with E-state index in [1.165, 1.54) is 12.8 Å². The molecule has 1 fully saturated rings. The van der Waals surface area contributed by atoms with Gasteiger partial charge in [0.05, 0.1) is 0 Å². The second kappa shape index (κ2) is 6.86. The van der Waals surface area contributed by atoms with Gasteiger partial charge in [0.25, 0.3) is 0 Å². The number of rotatable bonds is 5. The average molecular weight is 227 g/mol. The van der Waals surface area contributed by atoms with Crippen molar-refractivity contribution < 1.29 is 4.79 Å². The molecule has 0 unspecified atom stereocenters. The Balaban J connectivity index is 2.15. The first kappa shape index (κ1) is 13.5. The van der Waals surface area contributed by atoms with E-state index in [2.05, 4.69) is 17.1 Å². The topological polar surface area (TPSA) is 35.6 Å². The largest absolute Gasteiger partial charge is 0.349 e. The number of hydrogen-bond acceptors (Lipinski definition) is 3.